The maximum absolute atomic E-state index is 14.7. The van der Waals surface area contributed by atoms with Crippen molar-refractivity contribution in [3.05, 3.63) is 51.4 Å². The van der Waals surface area contributed by atoms with Gasteiger partial charge in [-0.2, -0.15) is 5.10 Å². The highest BCUT2D eigenvalue weighted by molar-refractivity contribution is 7.17. The van der Waals surface area contributed by atoms with Gasteiger partial charge in [-0.25, -0.2) is 14.4 Å². The Morgan fingerprint density at radius 3 is 2.77 bits per heavy atom. The topological polar surface area (TPSA) is 73.6 Å². The van der Waals surface area contributed by atoms with Crippen LogP contribution in [-0.2, 0) is 12.0 Å². The third-order valence-electron chi connectivity index (χ3n) is 5.96. The lowest BCUT2D eigenvalue weighted by Gasteiger charge is -2.24. The molecule has 3 aromatic rings. The summed E-state index contributed by atoms with van der Waals surface area (Å²) in [5, 5.41) is 20.5. The quantitative estimate of drug-likeness (QED) is 0.655. The van der Waals surface area contributed by atoms with E-state index < -0.39 is 5.41 Å². The van der Waals surface area contributed by atoms with Crippen molar-refractivity contribution in [1.82, 2.24) is 15.0 Å². The zero-order chi connectivity index (χ0) is 21.6. The number of nitrogens with one attached hydrogen (secondary N) is 1. The number of nitrogens with zero attached hydrogens (tertiary/aromatic N) is 4. The summed E-state index contributed by atoms with van der Waals surface area (Å²) >= 11 is 1.55. The second-order valence-corrected chi connectivity index (χ2v) is 9.42. The summed E-state index contributed by atoms with van der Waals surface area (Å²) in [5.41, 5.74) is 2.94. The summed E-state index contributed by atoms with van der Waals surface area (Å²) in [6.45, 7) is 8.27. The molecule has 0 saturated carbocycles. The molecule has 2 aromatic heterocycles. The fourth-order valence-corrected chi connectivity index (χ4v) is 4.75. The second kappa shape index (κ2) is 7.59. The van der Waals surface area contributed by atoms with Crippen LogP contribution >= 0.6 is 11.3 Å². The number of halogens is 1. The van der Waals surface area contributed by atoms with E-state index >= 15 is 0 Å². The average molecular weight is 428 g/mol. The fourth-order valence-electron chi connectivity index (χ4n) is 3.55. The number of anilines is 1. The summed E-state index contributed by atoms with van der Waals surface area (Å²) in [5.74, 6) is 0.379. The van der Waals surface area contributed by atoms with Gasteiger partial charge in [0, 0.05) is 29.8 Å². The van der Waals surface area contributed by atoms with Crippen molar-refractivity contribution in [2.45, 2.75) is 45.7 Å². The summed E-state index contributed by atoms with van der Waals surface area (Å²) in [7, 11) is 1.97. The molecule has 1 aliphatic rings. The normalized spacial score (nSPS) is 16.6. The van der Waals surface area contributed by atoms with Crippen LogP contribution in [0.1, 0.15) is 38.8 Å². The van der Waals surface area contributed by atoms with Gasteiger partial charge in [-0.15, -0.1) is 11.3 Å². The molecule has 0 aliphatic carbocycles. The van der Waals surface area contributed by atoms with E-state index in [9.17, 15) is 9.50 Å². The molecule has 4 rings (SSSR count). The van der Waals surface area contributed by atoms with Crippen molar-refractivity contribution in [3.8, 4) is 0 Å². The number of aliphatic hydroxyl groups excluding tert-OH is 1. The van der Waals surface area contributed by atoms with Gasteiger partial charge in [-0.05, 0) is 31.1 Å². The van der Waals surface area contributed by atoms with Crippen LogP contribution in [-0.4, -0.2) is 39.8 Å². The van der Waals surface area contributed by atoms with Gasteiger partial charge in [-0.1, -0.05) is 26.0 Å². The van der Waals surface area contributed by atoms with Gasteiger partial charge in [0.2, 0.25) is 0 Å². The molecule has 0 radical (unpaired) electrons. The number of aromatic nitrogens is 2. The molecule has 3 heterocycles. The molecule has 0 spiro atoms. The number of hydrogen-bond acceptors (Lipinski definition) is 7. The van der Waals surface area contributed by atoms with E-state index in [0.717, 1.165) is 25.7 Å². The third kappa shape index (κ3) is 3.44. The van der Waals surface area contributed by atoms with Crippen molar-refractivity contribution >= 4 is 32.9 Å². The first-order valence-electron chi connectivity index (χ1n) is 9.92. The predicted octanol–water partition coefficient (Wildman–Crippen LogP) is 2.75. The summed E-state index contributed by atoms with van der Waals surface area (Å²) in [6, 6.07) is 5.33. The lowest BCUT2D eigenvalue weighted by molar-refractivity contribution is 0.218. The van der Waals surface area contributed by atoms with Crippen LogP contribution in [0.5, 0.6) is 0 Å². The Labute approximate surface area is 178 Å². The van der Waals surface area contributed by atoms with Crippen molar-refractivity contribution in [2.24, 2.45) is 5.10 Å². The predicted molar refractivity (Wildman–Crippen MR) is 118 cm³/mol. The minimum absolute atomic E-state index is 0.0404. The molecule has 1 aromatic carbocycles. The van der Waals surface area contributed by atoms with Crippen molar-refractivity contribution < 1.29 is 9.50 Å². The lowest BCUT2D eigenvalue weighted by Crippen LogP contribution is -2.39. The maximum Gasteiger partial charge on any atom is 0.147 e. The zero-order valence-electron chi connectivity index (χ0n) is 17.8. The Morgan fingerprint density at radius 1 is 1.30 bits per heavy atom. The number of hydrogen-bond donors (Lipinski definition) is 2. The Bertz CT molecular complexity index is 1240. The Morgan fingerprint density at radius 2 is 2.07 bits per heavy atom. The number of aliphatic hydroxyl groups is 1. The van der Waals surface area contributed by atoms with E-state index in [4.69, 9.17) is 0 Å². The second-order valence-electron chi connectivity index (χ2n) is 8.42. The minimum Gasteiger partial charge on any atom is -0.395 e. The average Bonchev–Trinajstić information content (AvgIpc) is 3.09. The number of rotatable bonds is 5. The van der Waals surface area contributed by atoms with Crippen LogP contribution < -0.4 is 15.2 Å². The zero-order valence-corrected chi connectivity index (χ0v) is 18.6. The van der Waals surface area contributed by atoms with Gasteiger partial charge < -0.3 is 10.4 Å². The fraction of sp³-hybridized carbons (Fsp3) is 0.409. The lowest BCUT2D eigenvalue weighted by atomic mass is 9.85. The van der Waals surface area contributed by atoms with E-state index in [0.29, 0.717) is 17.9 Å². The maximum atomic E-state index is 14.7. The van der Waals surface area contributed by atoms with Gasteiger partial charge in [0.1, 0.15) is 22.6 Å². The number of benzene rings is 1. The molecule has 1 aliphatic heterocycles. The van der Waals surface area contributed by atoms with E-state index in [1.54, 1.807) is 17.4 Å². The van der Waals surface area contributed by atoms with Crippen LogP contribution in [0, 0.1) is 5.82 Å². The highest BCUT2D eigenvalue weighted by Crippen LogP contribution is 2.26. The van der Waals surface area contributed by atoms with Gasteiger partial charge in [0.15, 0.2) is 0 Å². The van der Waals surface area contributed by atoms with Crippen molar-refractivity contribution in [1.29, 1.82) is 0 Å². The molecule has 158 valence electrons. The van der Waals surface area contributed by atoms with Crippen LogP contribution in [0.3, 0.4) is 0 Å². The molecule has 1 unspecified atom stereocenters. The van der Waals surface area contributed by atoms with Gasteiger partial charge in [0.25, 0.3) is 0 Å². The van der Waals surface area contributed by atoms with Gasteiger partial charge in [0.05, 0.1) is 22.9 Å². The molecule has 1 atom stereocenters. The summed E-state index contributed by atoms with van der Waals surface area (Å²) in [6.07, 6.45) is 1.54. The Hall–Kier alpha value is -2.58. The highest BCUT2D eigenvalue weighted by Gasteiger charge is 2.22. The summed E-state index contributed by atoms with van der Waals surface area (Å²) < 4.78 is 16.5. The molecule has 8 heteroatoms. The molecule has 0 saturated heterocycles. The van der Waals surface area contributed by atoms with E-state index in [2.05, 4.69) is 34.2 Å². The molecular formula is C22H26FN5OS. The standard InChI is InChI=1S/C22H26FN5OS/c1-12-13(2)28(5)27-21-17(12)18-19(30-21)20(26-11-25-18)24-9-14-6-7-15(8-16(14)23)22(3,4)10-29/h6-8,11,13,29H,9-10H2,1-5H3,(H,24,25,26). The first kappa shape index (κ1) is 20.7. The van der Waals surface area contributed by atoms with Crippen LogP contribution in [0.2, 0.25) is 0 Å². The highest BCUT2D eigenvalue weighted by atomic mass is 32.1. The van der Waals surface area contributed by atoms with Gasteiger partial charge in [-0.3, -0.25) is 5.01 Å². The molecule has 0 amide bonds. The van der Waals surface area contributed by atoms with E-state index in [1.807, 2.05) is 32.0 Å². The van der Waals surface area contributed by atoms with E-state index in [-0.39, 0.29) is 18.5 Å². The first-order chi connectivity index (χ1) is 14.2. The number of thiophene rings is 1. The minimum atomic E-state index is -0.482. The smallest absolute Gasteiger partial charge is 0.147 e. The van der Waals surface area contributed by atoms with Crippen LogP contribution in [0.15, 0.2) is 29.6 Å². The largest absolute Gasteiger partial charge is 0.395 e. The SMILES string of the molecule is CC1=c2c(sc3c(NCc4ccc(C(C)(C)CO)cc4F)ncnc23)=NN(C)C1C. The third-order valence-corrected chi connectivity index (χ3v) is 7.03. The van der Waals surface area contributed by atoms with Crippen molar-refractivity contribution in [3.63, 3.8) is 0 Å². The van der Waals surface area contributed by atoms with Crippen LogP contribution in [0.25, 0.3) is 15.8 Å². The Balaban J connectivity index is 1.68. The molecule has 0 fully saturated rings. The van der Waals surface area contributed by atoms with Gasteiger partial charge >= 0.3 is 0 Å². The van der Waals surface area contributed by atoms with Crippen LogP contribution in [0.4, 0.5) is 10.2 Å². The molecular weight excluding hydrogens is 401 g/mol. The molecule has 30 heavy (non-hydrogen) atoms. The van der Waals surface area contributed by atoms with E-state index in [1.165, 1.54) is 18.0 Å². The molecule has 2 N–H and O–H groups in total. The summed E-state index contributed by atoms with van der Waals surface area (Å²) in [4.78, 5) is 8.90. The number of fused-ring (bicyclic) bond motifs is 3. The first-order valence-corrected chi connectivity index (χ1v) is 10.7. The molecule has 0 bridgehead atoms. The van der Waals surface area contributed by atoms with Crippen molar-refractivity contribution in [2.75, 3.05) is 19.0 Å². The molecule has 6 nitrogen and oxygen atoms in total. The Kier molecular flexibility index (Phi) is 5.23. The monoisotopic (exact) mass is 427 g/mol.